The van der Waals surface area contributed by atoms with Gasteiger partial charge in [0.05, 0.1) is 5.71 Å². The minimum atomic E-state index is 0.849. The molecule has 0 aliphatic heterocycles. The van der Waals surface area contributed by atoms with Crippen LogP contribution in [0.4, 0.5) is 5.69 Å². The largest absolute Gasteiger partial charge is 0.575 e. The van der Waals surface area contributed by atoms with Gasteiger partial charge >= 0.3 is 0 Å². The summed E-state index contributed by atoms with van der Waals surface area (Å²) in [5, 5.41) is 4.48. The van der Waals surface area contributed by atoms with E-state index >= 15 is 0 Å². The van der Waals surface area contributed by atoms with Crippen molar-refractivity contribution in [3.8, 4) is 0 Å². The molecular weight excluding hydrogens is 256 g/mol. The van der Waals surface area contributed by atoms with Crippen LogP contribution in [0.1, 0.15) is 11.1 Å². The van der Waals surface area contributed by atoms with Crippen LogP contribution in [-0.4, -0.2) is 5.71 Å². The van der Waals surface area contributed by atoms with Crippen molar-refractivity contribution in [3.63, 3.8) is 0 Å². The Kier molecular flexibility index (Phi) is 4.08. The van der Waals surface area contributed by atoms with Gasteiger partial charge in [-0.25, -0.2) is 0 Å². The molecule has 0 fully saturated rings. The second-order valence-corrected chi connectivity index (χ2v) is 4.62. The Morgan fingerprint density at radius 3 is 1.48 bits per heavy atom. The van der Waals surface area contributed by atoms with Gasteiger partial charge < -0.3 is 10.5 Å². The van der Waals surface area contributed by atoms with Crippen molar-refractivity contribution < 1.29 is 0 Å². The SMILES string of the molecule is c1ccc([N-]N=C(c2ccccc2)c2ccccc2)cc1. The molecule has 3 rings (SSSR count). The Labute approximate surface area is 124 Å². The summed E-state index contributed by atoms with van der Waals surface area (Å²) in [6.45, 7) is 0. The molecule has 0 bridgehead atoms. The van der Waals surface area contributed by atoms with E-state index in [1.165, 1.54) is 0 Å². The summed E-state index contributed by atoms with van der Waals surface area (Å²) in [5.74, 6) is 0. The first-order chi connectivity index (χ1) is 10.4. The lowest BCUT2D eigenvalue weighted by Gasteiger charge is -2.19. The summed E-state index contributed by atoms with van der Waals surface area (Å²) >= 11 is 0. The Morgan fingerprint density at radius 2 is 1.00 bits per heavy atom. The molecule has 0 radical (unpaired) electrons. The molecule has 2 nitrogen and oxygen atoms in total. The fourth-order valence-corrected chi connectivity index (χ4v) is 2.08. The third kappa shape index (κ3) is 3.37. The van der Waals surface area contributed by atoms with Gasteiger partial charge in [-0.05, 0) is 11.1 Å². The summed E-state index contributed by atoms with van der Waals surface area (Å²) in [6, 6.07) is 30.0. The lowest BCUT2D eigenvalue weighted by molar-refractivity contribution is 1.42. The molecule has 3 aromatic carbocycles. The third-order valence-corrected chi connectivity index (χ3v) is 3.12. The number of hydrogen-bond donors (Lipinski definition) is 0. The van der Waals surface area contributed by atoms with Gasteiger partial charge in [0, 0.05) is 0 Å². The molecule has 0 N–H and O–H groups in total. The van der Waals surface area contributed by atoms with Gasteiger partial charge in [-0.3, -0.25) is 0 Å². The summed E-state index contributed by atoms with van der Waals surface area (Å²) < 4.78 is 0. The Balaban J connectivity index is 1.97. The minimum absolute atomic E-state index is 0.849. The second kappa shape index (κ2) is 6.53. The highest BCUT2D eigenvalue weighted by Gasteiger charge is 2.02. The van der Waals surface area contributed by atoms with Gasteiger partial charge in [0.1, 0.15) is 0 Å². The summed E-state index contributed by atoms with van der Waals surface area (Å²) in [7, 11) is 0. The highest BCUT2D eigenvalue weighted by molar-refractivity contribution is 6.13. The van der Waals surface area contributed by atoms with E-state index in [0.717, 1.165) is 22.5 Å². The Hall–Kier alpha value is -2.87. The molecule has 0 unspecified atom stereocenters. The molecule has 2 heteroatoms. The number of rotatable bonds is 4. The van der Waals surface area contributed by atoms with E-state index in [1.807, 2.05) is 91.0 Å². The molecule has 0 amide bonds. The van der Waals surface area contributed by atoms with Crippen LogP contribution in [0.2, 0.25) is 0 Å². The zero-order chi connectivity index (χ0) is 14.3. The lowest BCUT2D eigenvalue weighted by atomic mass is 10.0. The molecule has 0 aromatic heterocycles. The molecule has 0 spiro atoms. The first kappa shape index (κ1) is 13.1. The number of benzene rings is 3. The van der Waals surface area contributed by atoms with Crippen LogP contribution in [0.15, 0.2) is 96.1 Å². The zero-order valence-corrected chi connectivity index (χ0v) is 11.6. The molecule has 0 saturated heterocycles. The van der Waals surface area contributed by atoms with Crippen LogP contribution < -0.4 is 0 Å². The maximum Gasteiger partial charge on any atom is 0.0558 e. The quantitative estimate of drug-likeness (QED) is 0.464. The van der Waals surface area contributed by atoms with Crippen molar-refractivity contribution in [1.29, 1.82) is 0 Å². The molecule has 0 saturated carbocycles. The van der Waals surface area contributed by atoms with E-state index in [2.05, 4.69) is 10.5 Å². The maximum absolute atomic E-state index is 4.48. The Morgan fingerprint density at radius 1 is 0.571 bits per heavy atom. The van der Waals surface area contributed by atoms with E-state index in [1.54, 1.807) is 0 Å². The fraction of sp³-hybridized carbons (Fsp3) is 0. The van der Waals surface area contributed by atoms with E-state index in [-0.39, 0.29) is 0 Å². The highest BCUT2D eigenvalue weighted by Crippen LogP contribution is 2.20. The van der Waals surface area contributed by atoms with Crippen molar-refractivity contribution in [3.05, 3.63) is 108 Å². The maximum atomic E-state index is 4.48. The number of nitrogens with zero attached hydrogens (tertiary/aromatic N) is 2. The smallest absolute Gasteiger partial charge is 0.0558 e. The van der Waals surface area contributed by atoms with Crippen LogP contribution >= 0.6 is 0 Å². The first-order valence-electron chi connectivity index (χ1n) is 6.88. The molecular formula is C19H15N2-. The summed E-state index contributed by atoms with van der Waals surface area (Å²) in [6.07, 6.45) is 0. The van der Waals surface area contributed by atoms with Crippen LogP contribution in [-0.2, 0) is 0 Å². The van der Waals surface area contributed by atoms with Crippen molar-refractivity contribution in [2.75, 3.05) is 0 Å². The van der Waals surface area contributed by atoms with Gasteiger partial charge in [-0.1, -0.05) is 91.0 Å². The minimum Gasteiger partial charge on any atom is -0.575 e. The second-order valence-electron chi connectivity index (χ2n) is 4.62. The average molecular weight is 271 g/mol. The van der Waals surface area contributed by atoms with Crippen LogP contribution in [0.5, 0.6) is 0 Å². The molecule has 3 aromatic rings. The summed E-state index contributed by atoms with van der Waals surface area (Å²) in [4.78, 5) is 0. The topological polar surface area (TPSA) is 26.5 Å². The van der Waals surface area contributed by atoms with Crippen molar-refractivity contribution in [2.45, 2.75) is 0 Å². The third-order valence-electron chi connectivity index (χ3n) is 3.12. The van der Waals surface area contributed by atoms with Gasteiger partial charge in [-0.15, -0.1) is 5.69 Å². The van der Waals surface area contributed by atoms with Crippen molar-refractivity contribution in [2.24, 2.45) is 5.10 Å². The normalized spacial score (nSPS) is 9.90. The fourth-order valence-electron chi connectivity index (χ4n) is 2.08. The van der Waals surface area contributed by atoms with E-state index < -0.39 is 0 Å². The van der Waals surface area contributed by atoms with Gasteiger partial charge in [0.2, 0.25) is 0 Å². The van der Waals surface area contributed by atoms with E-state index in [9.17, 15) is 0 Å². The molecule has 0 atom stereocenters. The monoisotopic (exact) mass is 271 g/mol. The zero-order valence-electron chi connectivity index (χ0n) is 11.6. The molecule has 0 aliphatic carbocycles. The van der Waals surface area contributed by atoms with E-state index in [0.29, 0.717) is 0 Å². The predicted octanol–water partition coefficient (Wildman–Crippen LogP) is 5.14. The summed E-state index contributed by atoms with van der Waals surface area (Å²) in [5.41, 5.74) is 8.19. The first-order valence-corrected chi connectivity index (χ1v) is 6.88. The predicted molar refractivity (Wildman–Crippen MR) is 88.0 cm³/mol. The lowest BCUT2D eigenvalue weighted by Crippen LogP contribution is -2.02. The van der Waals surface area contributed by atoms with Gasteiger partial charge in [-0.2, -0.15) is 0 Å². The molecule has 21 heavy (non-hydrogen) atoms. The number of hydrogen-bond acceptors (Lipinski definition) is 1. The molecule has 0 aliphatic rings. The molecule has 0 heterocycles. The standard InChI is InChI=1S/C19H15N2/c1-4-10-16(11-5-1)19(17-12-6-2-7-13-17)21-20-18-14-8-3-9-15-18/h1-15H/q-1. The van der Waals surface area contributed by atoms with Crippen molar-refractivity contribution in [1.82, 2.24) is 0 Å². The highest BCUT2D eigenvalue weighted by atomic mass is 15.3. The van der Waals surface area contributed by atoms with Gasteiger partial charge in [0.25, 0.3) is 0 Å². The molecule has 102 valence electrons. The van der Waals surface area contributed by atoms with Crippen molar-refractivity contribution >= 4 is 11.4 Å². The van der Waals surface area contributed by atoms with E-state index in [4.69, 9.17) is 0 Å². The van der Waals surface area contributed by atoms with Crippen LogP contribution in [0.3, 0.4) is 0 Å². The Bertz CT molecular complexity index is 663. The van der Waals surface area contributed by atoms with Gasteiger partial charge in [0.15, 0.2) is 0 Å². The van der Waals surface area contributed by atoms with Crippen LogP contribution in [0, 0.1) is 0 Å². The average Bonchev–Trinajstić information content (AvgIpc) is 2.58. The van der Waals surface area contributed by atoms with Crippen LogP contribution in [0.25, 0.3) is 5.43 Å².